The smallest absolute Gasteiger partial charge is 0.331 e. The van der Waals surface area contributed by atoms with Crippen LogP contribution in [0, 0.1) is 10.1 Å². The van der Waals surface area contributed by atoms with Crippen LogP contribution in [0.3, 0.4) is 0 Å². The predicted molar refractivity (Wildman–Crippen MR) is 113 cm³/mol. The number of para-hydroxylation sites is 1. The molecule has 3 aromatic carbocycles. The van der Waals surface area contributed by atoms with Gasteiger partial charge in [-0.1, -0.05) is 18.2 Å². The van der Waals surface area contributed by atoms with Gasteiger partial charge in [0.25, 0.3) is 5.69 Å². The van der Waals surface area contributed by atoms with Gasteiger partial charge in [-0.25, -0.2) is 4.79 Å². The number of amides is 1. The predicted octanol–water partition coefficient (Wildman–Crippen LogP) is 3.75. The lowest BCUT2D eigenvalue weighted by molar-refractivity contribution is -0.384. The molecule has 1 heterocycles. The SMILES string of the molecule is O=C(CN1CC(=O)Oc2cc([N+](=O)[O-])ccc21)Nc1ccc(Oc2ccccc2)cc1. The van der Waals surface area contributed by atoms with Gasteiger partial charge in [0.1, 0.15) is 18.0 Å². The number of hydrogen-bond acceptors (Lipinski definition) is 7. The summed E-state index contributed by atoms with van der Waals surface area (Å²) in [6, 6.07) is 20.1. The molecule has 0 spiro atoms. The molecule has 0 atom stereocenters. The molecule has 1 aliphatic heterocycles. The Balaban J connectivity index is 1.41. The van der Waals surface area contributed by atoms with E-state index in [0.29, 0.717) is 22.9 Å². The van der Waals surface area contributed by atoms with Crippen molar-refractivity contribution in [3.05, 3.63) is 82.9 Å². The summed E-state index contributed by atoms with van der Waals surface area (Å²) in [5, 5.41) is 13.7. The van der Waals surface area contributed by atoms with E-state index in [1.165, 1.54) is 23.1 Å². The highest BCUT2D eigenvalue weighted by molar-refractivity contribution is 5.96. The number of rotatable bonds is 6. The van der Waals surface area contributed by atoms with E-state index in [1.807, 2.05) is 30.3 Å². The number of benzene rings is 3. The van der Waals surface area contributed by atoms with Crippen LogP contribution in [0.15, 0.2) is 72.8 Å². The summed E-state index contributed by atoms with van der Waals surface area (Å²) in [5.74, 6) is 0.438. The van der Waals surface area contributed by atoms with E-state index in [1.54, 1.807) is 24.3 Å². The first-order valence-electron chi connectivity index (χ1n) is 9.35. The molecule has 4 rings (SSSR count). The Morgan fingerprint density at radius 2 is 1.77 bits per heavy atom. The molecular formula is C22H17N3O6. The Labute approximate surface area is 177 Å². The minimum absolute atomic E-state index is 0.0562. The summed E-state index contributed by atoms with van der Waals surface area (Å²) in [6.07, 6.45) is 0. The fourth-order valence-corrected chi connectivity index (χ4v) is 3.10. The van der Waals surface area contributed by atoms with Gasteiger partial charge < -0.3 is 19.7 Å². The zero-order valence-corrected chi connectivity index (χ0v) is 16.2. The number of esters is 1. The Bertz CT molecular complexity index is 1130. The third-order valence-corrected chi connectivity index (χ3v) is 4.49. The molecule has 0 unspecified atom stereocenters. The topological polar surface area (TPSA) is 111 Å². The molecule has 0 saturated carbocycles. The molecule has 9 nitrogen and oxygen atoms in total. The molecule has 1 aliphatic rings. The van der Waals surface area contributed by atoms with Crippen LogP contribution in [0.1, 0.15) is 0 Å². The van der Waals surface area contributed by atoms with Gasteiger partial charge in [0.05, 0.1) is 23.2 Å². The van der Waals surface area contributed by atoms with Crippen LogP contribution in [0.5, 0.6) is 17.2 Å². The quantitative estimate of drug-likeness (QED) is 0.280. The van der Waals surface area contributed by atoms with Gasteiger partial charge in [-0.3, -0.25) is 14.9 Å². The molecule has 0 fully saturated rings. The summed E-state index contributed by atoms with van der Waals surface area (Å²) in [4.78, 5) is 36.2. The number of non-ortho nitro benzene ring substituents is 1. The summed E-state index contributed by atoms with van der Waals surface area (Å²) in [6.45, 7) is -0.260. The van der Waals surface area contributed by atoms with Gasteiger partial charge in [-0.2, -0.15) is 0 Å². The van der Waals surface area contributed by atoms with E-state index < -0.39 is 10.9 Å². The van der Waals surface area contributed by atoms with Crippen LogP contribution in [-0.2, 0) is 9.59 Å². The maximum absolute atomic E-state index is 12.5. The monoisotopic (exact) mass is 419 g/mol. The van der Waals surface area contributed by atoms with E-state index >= 15 is 0 Å². The summed E-state index contributed by atoms with van der Waals surface area (Å²) in [5.41, 5.74) is 0.802. The average molecular weight is 419 g/mol. The van der Waals surface area contributed by atoms with Crippen LogP contribution < -0.4 is 19.7 Å². The molecule has 0 aliphatic carbocycles. The van der Waals surface area contributed by atoms with Crippen LogP contribution >= 0.6 is 0 Å². The second kappa shape index (κ2) is 8.54. The highest BCUT2D eigenvalue weighted by atomic mass is 16.6. The zero-order valence-electron chi connectivity index (χ0n) is 16.2. The molecule has 0 bridgehead atoms. The van der Waals surface area contributed by atoms with Crippen molar-refractivity contribution in [2.45, 2.75) is 0 Å². The fraction of sp³-hybridized carbons (Fsp3) is 0.0909. The number of carbonyl (C=O) groups is 2. The van der Waals surface area contributed by atoms with Crippen LogP contribution in [0.4, 0.5) is 17.1 Å². The average Bonchev–Trinajstić information content (AvgIpc) is 2.75. The molecule has 0 saturated heterocycles. The van der Waals surface area contributed by atoms with Crippen LogP contribution in [0.2, 0.25) is 0 Å². The van der Waals surface area contributed by atoms with Gasteiger partial charge in [0.15, 0.2) is 5.75 Å². The van der Waals surface area contributed by atoms with Crippen molar-refractivity contribution in [1.29, 1.82) is 0 Å². The number of nitro benzene ring substituents is 1. The van der Waals surface area contributed by atoms with Crippen molar-refractivity contribution < 1.29 is 24.0 Å². The summed E-state index contributed by atoms with van der Waals surface area (Å²) in [7, 11) is 0. The number of hydrogen-bond donors (Lipinski definition) is 1. The molecule has 1 N–H and O–H groups in total. The van der Waals surface area contributed by atoms with E-state index in [0.717, 1.165) is 0 Å². The number of fused-ring (bicyclic) bond motifs is 1. The van der Waals surface area contributed by atoms with Gasteiger partial charge in [0, 0.05) is 11.8 Å². The zero-order chi connectivity index (χ0) is 21.8. The van der Waals surface area contributed by atoms with E-state index in [2.05, 4.69) is 5.32 Å². The van der Waals surface area contributed by atoms with Crippen LogP contribution in [-0.4, -0.2) is 29.9 Å². The van der Waals surface area contributed by atoms with Crippen molar-refractivity contribution in [2.75, 3.05) is 23.3 Å². The number of anilines is 2. The fourth-order valence-electron chi connectivity index (χ4n) is 3.10. The molecule has 3 aromatic rings. The van der Waals surface area contributed by atoms with E-state index in [-0.39, 0.29) is 30.4 Å². The van der Waals surface area contributed by atoms with E-state index in [4.69, 9.17) is 9.47 Å². The van der Waals surface area contributed by atoms with Crippen LogP contribution in [0.25, 0.3) is 0 Å². The molecular weight excluding hydrogens is 402 g/mol. The molecule has 9 heteroatoms. The lowest BCUT2D eigenvalue weighted by Crippen LogP contribution is -2.41. The molecule has 31 heavy (non-hydrogen) atoms. The number of nitrogens with zero attached hydrogens (tertiary/aromatic N) is 2. The first kappa shape index (κ1) is 19.9. The van der Waals surface area contributed by atoms with Gasteiger partial charge in [0.2, 0.25) is 5.91 Å². The van der Waals surface area contributed by atoms with Gasteiger partial charge in [-0.05, 0) is 42.5 Å². The second-order valence-electron chi connectivity index (χ2n) is 6.73. The van der Waals surface area contributed by atoms with Crippen molar-refractivity contribution in [3.8, 4) is 17.2 Å². The molecule has 1 amide bonds. The Morgan fingerprint density at radius 1 is 1.06 bits per heavy atom. The van der Waals surface area contributed by atoms with Crippen molar-refractivity contribution in [3.63, 3.8) is 0 Å². The molecule has 0 aromatic heterocycles. The maximum atomic E-state index is 12.5. The summed E-state index contributed by atoms with van der Waals surface area (Å²) >= 11 is 0. The maximum Gasteiger partial charge on any atom is 0.331 e. The minimum Gasteiger partial charge on any atom is -0.457 e. The first-order chi connectivity index (χ1) is 15.0. The highest BCUT2D eigenvalue weighted by Gasteiger charge is 2.27. The normalized spacial score (nSPS) is 12.5. The third kappa shape index (κ3) is 4.78. The number of nitrogens with one attached hydrogen (secondary N) is 1. The van der Waals surface area contributed by atoms with Gasteiger partial charge in [-0.15, -0.1) is 0 Å². The lowest BCUT2D eigenvalue weighted by atomic mass is 10.2. The number of nitro groups is 1. The Hall–Kier alpha value is -4.40. The molecule has 156 valence electrons. The Kier molecular flexibility index (Phi) is 5.48. The third-order valence-electron chi connectivity index (χ3n) is 4.49. The lowest BCUT2D eigenvalue weighted by Gasteiger charge is -2.28. The summed E-state index contributed by atoms with van der Waals surface area (Å²) < 4.78 is 10.8. The second-order valence-corrected chi connectivity index (χ2v) is 6.73. The highest BCUT2D eigenvalue weighted by Crippen LogP contribution is 2.35. The van der Waals surface area contributed by atoms with Crippen molar-refractivity contribution in [1.82, 2.24) is 0 Å². The number of ether oxygens (including phenoxy) is 2. The minimum atomic E-state index is -0.594. The van der Waals surface area contributed by atoms with Gasteiger partial charge >= 0.3 is 5.97 Å². The Morgan fingerprint density at radius 3 is 2.48 bits per heavy atom. The van der Waals surface area contributed by atoms with Crippen molar-refractivity contribution in [2.24, 2.45) is 0 Å². The van der Waals surface area contributed by atoms with E-state index in [9.17, 15) is 19.7 Å². The standard InChI is InChI=1S/C22H17N3O6/c26-21(23-15-6-9-18(10-7-15)30-17-4-2-1-3-5-17)13-24-14-22(27)31-20-12-16(25(28)29)8-11-19(20)24/h1-12H,13-14H2,(H,23,26). The first-order valence-corrected chi connectivity index (χ1v) is 9.35. The molecule has 0 radical (unpaired) electrons. The van der Waals surface area contributed by atoms with Crippen molar-refractivity contribution >= 4 is 28.9 Å². The number of carbonyl (C=O) groups excluding carboxylic acids is 2. The largest absolute Gasteiger partial charge is 0.457 e.